The molecule has 0 unspecified atom stereocenters. The van der Waals surface area contributed by atoms with E-state index in [0.29, 0.717) is 17.4 Å². The van der Waals surface area contributed by atoms with Crippen molar-refractivity contribution >= 4 is 42.8 Å². The number of rotatable bonds is 2. The van der Waals surface area contributed by atoms with Gasteiger partial charge in [0.25, 0.3) is 5.56 Å². The van der Waals surface area contributed by atoms with Crippen LogP contribution >= 0.6 is 31.9 Å². The highest BCUT2D eigenvalue weighted by molar-refractivity contribution is 9.10. The summed E-state index contributed by atoms with van der Waals surface area (Å²) in [5.74, 6) is 0. The third-order valence-electron chi connectivity index (χ3n) is 2.91. The van der Waals surface area contributed by atoms with Crippen LogP contribution in [0.15, 0.2) is 56.2 Å². The van der Waals surface area contributed by atoms with E-state index in [2.05, 4.69) is 42.2 Å². The Morgan fingerprint density at radius 2 is 1.85 bits per heavy atom. The molecule has 0 saturated heterocycles. The zero-order valence-electron chi connectivity index (χ0n) is 10.3. The fourth-order valence-electron chi connectivity index (χ4n) is 1.96. The van der Waals surface area contributed by atoms with Crippen molar-refractivity contribution < 1.29 is 0 Å². The summed E-state index contributed by atoms with van der Waals surface area (Å²) in [7, 11) is 0. The summed E-state index contributed by atoms with van der Waals surface area (Å²) in [4.78, 5) is 12.4. The lowest BCUT2D eigenvalue weighted by molar-refractivity contribution is 0.600. The van der Waals surface area contributed by atoms with E-state index in [4.69, 9.17) is 0 Å². The molecule has 6 heteroatoms. The first kappa shape index (κ1) is 13.5. The van der Waals surface area contributed by atoms with E-state index in [1.807, 2.05) is 30.3 Å². The number of aromatic nitrogens is 3. The Bertz CT molecular complexity index is 845. The first-order valence-electron chi connectivity index (χ1n) is 5.91. The maximum Gasteiger partial charge on any atom is 0.277 e. The molecule has 0 aliphatic rings. The van der Waals surface area contributed by atoms with Crippen LogP contribution in [0.25, 0.3) is 10.9 Å². The van der Waals surface area contributed by atoms with Crippen molar-refractivity contribution in [1.29, 1.82) is 0 Å². The van der Waals surface area contributed by atoms with E-state index >= 15 is 0 Å². The van der Waals surface area contributed by atoms with Crippen molar-refractivity contribution in [3.05, 3.63) is 67.3 Å². The summed E-state index contributed by atoms with van der Waals surface area (Å²) in [5, 5.41) is 8.63. The van der Waals surface area contributed by atoms with Gasteiger partial charge in [0.15, 0.2) is 0 Å². The maximum absolute atomic E-state index is 12.4. The molecule has 0 amide bonds. The lowest BCUT2D eigenvalue weighted by atomic mass is 10.2. The molecule has 2 aromatic carbocycles. The highest BCUT2D eigenvalue weighted by Crippen LogP contribution is 2.15. The Balaban J connectivity index is 2.08. The van der Waals surface area contributed by atoms with Gasteiger partial charge in [-0.25, -0.2) is 4.68 Å². The number of benzene rings is 2. The normalized spacial score (nSPS) is 10.9. The standard InChI is InChI=1S/C14H9Br2N3O/c15-10-3-1-2-9(6-10)8-19-14(20)12-7-11(16)4-5-13(12)17-18-19/h1-7H,8H2. The van der Waals surface area contributed by atoms with Crippen molar-refractivity contribution in [2.75, 3.05) is 0 Å². The summed E-state index contributed by atoms with van der Waals surface area (Å²) in [6.07, 6.45) is 0. The van der Waals surface area contributed by atoms with E-state index in [9.17, 15) is 4.79 Å². The molecule has 0 atom stereocenters. The SMILES string of the molecule is O=c1c2cc(Br)ccc2nnn1Cc1cccc(Br)c1. The molecule has 1 heterocycles. The highest BCUT2D eigenvalue weighted by Gasteiger charge is 2.07. The van der Waals surface area contributed by atoms with Crippen molar-refractivity contribution in [3.8, 4) is 0 Å². The fourth-order valence-corrected chi connectivity index (χ4v) is 2.77. The monoisotopic (exact) mass is 393 g/mol. The molecule has 0 bridgehead atoms. The lowest BCUT2D eigenvalue weighted by Crippen LogP contribution is -2.24. The van der Waals surface area contributed by atoms with Gasteiger partial charge in [0, 0.05) is 8.95 Å². The third-order valence-corrected chi connectivity index (χ3v) is 3.89. The van der Waals surface area contributed by atoms with Gasteiger partial charge in [-0.15, -0.1) is 5.10 Å². The minimum absolute atomic E-state index is 0.142. The van der Waals surface area contributed by atoms with Crippen LogP contribution in [0.3, 0.4) is 0 Å². The molecule has 0 aliphatic carbocycles. The van der Waals surface area contributed by atoms with Crippen LogP contribution in [-0.4, -0.2) is 15.0 Å². The van der Waals surface area contributed by atoms with Crippen molar-refractivity contribution in [1.82, 2.24) is 15.0 Å². The first-order valence-corrected chi connectivity index (χ1v) is 7.49. The smallest absolute Gasteiger partial charge is 0.267 e. The highest BCUT2D eigenvalue weighted by atomic mass is 79.9. The van der Waals surface area contributed by atoms with Crippen LogP contribution < -0.4 is 5.56 Å². The van der Waals surface area contributed by atoms with Gasteiger partial charge >= 0.3 is 0 Å². The maximum atomic E-state index is 12.4. The van der Waals surface area contributed by atoms with Gasteiger partial charge < -0.3 is 0 Å². The van der Waals surface area contributed by atoms with E-state index in [-0.39, 0.29) is 5.56 Å². The lowest BCUT2D eigenvalue weighted by Gasteiger charge is -2.05. The fraction of sp³-hybridized carbons (Fsp3) is 0.0714. The Morgan fingerprint density at radius 3 is 2.65 bits per heavy atom. The molecule has 1 aromatic heterocycles. The summed E-state index contributed by atoms with van der Waals surface area (Å²) < 4.78 is 3.19. The number of nitrogens with zero attached hydrogens (tertiary/aromatic N) is 3. The van der Waals surface area contributed by atoms with Gasteiger partial charge in [-0.2, -0.15) is 0 Å². The van der Waals surface area contributed by atoms with Crippen LogP contribution in [0.4, 0.5) is 0 Å². The zero-order valence-corrected chi connectivity index (χ0v) is 13.4. The molecular formula is C14H9Br2N3O. The zero-order chi connectivity index (χ0) is 14.1. The van der Waals surface area contributed by atoms with Gasteiger partial charge in [0.1, 0.15) is 5.52 Å². The van der Waals surface area contributed by atoms with Crippen LogP contribution in [-0.2, 0) is 6.54 Å². The molecular weight excluding hydrogens is 386 g/mol. The minimum atomic E-state index is -0.142. The molecule has 3 aromatic rings. The van der Waals surface area contributed by atoms with E-state index < -0.39 is 0 Å². The van der Waals surface area contributed by atoms with E-state index in [1.165, 1.54) is 4.68 Å². The molecule has 0 saturated carbocycles. The average Bonchev–Trinajstić information content (AvgIpc) is 2.43. The minimum Gasteiger partial charge on any atom is -0.267 e. The van der Waals surface area contributed by atoms with Gasteiger partial charge in [-0.05, 0) is 35.9 Å². The van der Waals surface area contributed by atoms with Gasteiger partial charge in [0.05, 0.1) is 11.9 Å². The summed E-state index contributed by atoms with van der Waals surface area (Å²) >= 11 is 6.78. The van der Waals surface area contributed by atoms with Crippen LogP contribution in [0.2, 0.25) is 0 Å². The average molecular weight is 395 g/mol. The molecule has 0 fully saturated rings. The van der Waals surface area contributed by atoms with E-state index in [1.54, 1.807) is 12.1 Å². The molecule has 0 aliphatic heterocycles. The number of hydrogen-bond donors (Lipinski definition) is 0. The van der Waals surface area contributed by atoms with Crippen molar-refractivity contribution in [2.45, 2.75) is 6.54 Å². The van der Waals surface area contributed by atoms with Gasteiger partial charge in [-0.1, -0.05) is 49.2 Å². The first-order chi connectivity index (χ1) is 9.63. The molecule has 3 rings (SSSR count). The van der Waals surface area contributed by atoms with Crippen LogP contribution in [0.1, 0.15) is 5.56 Å². The molecule has 0 N–H and O–H groups in total. The summed E-state index contributed by atoms with van der Waals surface area (Å²) in [5.41, 5.74) is 1.45. The van der Waals surface area contributed by atoms with E-state index in [0.717, 1.165) is 14.5 Å². The summed E-state index contributed by atoms with van der Waals surface area (Å²) in [6.45, 7) is 0.397. The Kier molecular flexibility index (Phi) is 3.67. The number of hydrogen-bond acceptors (Lipinski definition) is 3. The molecule has 100 valence electrons. The number of halogens is 2. The second-order valence-corrected chi connectivity index (χ2v) is 6.17. The molecule has 0 spiro atoms. The third kappa shape index (κ3) is 2.66. The number of fused-ring (bicyclic) bond motifs is 1. The van der Waals surface area contributed by atoms with Gasteiger partial charge in [-0.3, -0.25) is 4.79 Å². The predicted octanol–water partition coefficient (Wildman–Crippen LogP) is 3.36. The largest absolute Gasteiger partial charge is 0.277 e. The summed E-state index contributed by atoms with van der Waals surface area (Å²) in [6, 6.07) is 13.2. The van der Waals surface area contributed by atoms with Crippen molar-refractivity contribution in [2.24, 2.45) is 0 Å². The van der Waals surface area contributed by atoms with Gasteiger partial charge in [0.2, 0.25) is 0 Å². The topological polar surface area (TPSA) is 47.8 Å². The molecule has 20 heavy (non-hydrogen) atoms. The van der Waals surface area contributed by atoms with Crippen LogP contribution in [0, 0.1) is 0 Å². The Labute approximate surface area is 131 Å². The van der Waals surface area contributed by atoms with Crippen molar-refractivity contribution in [3.63, 3.8) is 0 Å². The second-order valence-electron chi connectivity index (χ2n) is 4.34. The van der Waals surface area contributed by atoms with Crippen LogP contribution in [0.5, 0.6) is 0 Å². The quantitative estimate of drug-likeness (QED) is 0.669. The second kappa shape index (κ2) is 5.46. The predicted molar refractivity (Wildman–Crippen MR) is 84.7 cm³/mol. The Hall–Kier alpha value is -1.53. The molecule has 4 nitrogen and oxygen atoms in total. The Morgan fingerprint density at radius 1 is 1.05 bits per heavy atom. The molecule has 0 radical (unpaired) electrons.